The van der Waals surface area contributed by atoms with Crippen molar-refractivity contribution < 1.29 is 4.42 Å². The predicted molar refractivity (Wildman–Crippen MR) is 90.7 cm³/mol. The zero-order valence-electron chi connectivity index (χ0n) is 12.5. The number of benzene rings is 2. The van der Waals surface area contributed by atoms with E-state index < -0.39 is 0 Å². The Morgan fingerprint density at radius 1 is 0.957 bits per heavy atom. The van der Waals surface area contributed by atoms with Gasteiger partial charge in [0.1, 0.15) is 5.52 Å². The van der Waals surface area contributed by atoms with E-state index >= 15 is 0 Å². The Balaban J connectivity index is 1.50. The molecule has 4 heteroatoms. The molecule has 0 aliphatic heterocycles. The van der Waals surface area contributed by atoms with Crippen LogP contribution in [0.25, 0.3) is 23.3 Å². The first-order chi connectivity index (χ1) is 11.4. The molecule has 0 aliphatic rings. The fourth-order valence-electron chi connectivity index (χ4n) is 2.45. The molecular formula is C19H15N3O. The van der Waals surface area contributed by atoms with Crippen LogP contribution in [0.15, 0.2) is 71.4 Å². The van der Waals surface area contributed by atoms with Crippen LogP contribution in [0.3, 0.4) is 0 Å². The minimum atomic E-state index is 0.599. The lowest BCUT2D eigenvalue weighted by atomic mass is 10.2. The molecule has 2 aromatic heterocycles. The summed E-state index contributed by atoms with van der Waals surface area (Å²) in [6.45, 7) is 0.761. The van der Waals surface area contributed by atoms with Crippen molar-refractivity contribution >= 4 is 23.3 Å². The maximum Gasteiger partial charge on any atom is 0.220 e. The fourth-order valence-corrected chi connectivity index (χ4v) is 2.45. The van der Waals surface area contributed by atoms with E-state index in [1.807, 2.05) is 71.7 Å². The van der Waals surface area contributed by atoms with Crippen LogP contribution in [0, 0.1) is 0 Å². The van der Waals surface area contributed by atoms with Crippen LogP contribution >= 0.6 is 0 Å². The lowest BCUT2D eigenvalue weighted by Crippen LogP contribution is -1.99. The summed E-state index contributed by atoms with van der Waals surface area (Å²) < 4.78 is 7.58. The van der Waals surface area contributed by atoms with E-state index in [0.29, 0.717) is 5.89 Å². The number of hydrogen-bond acceptors (Lipinski definition) is 3. The molecule has 2 heterocycles. The standard InChI is InChI=1S/C19H15N3O/c1-2-6-15(7-3-1)13-22-14-16(12-20-22)10-11-19-21-17-8-4-5-9-18(17)23-19/h1-12,14H,13H2/b11-10+. The number of fused-ring (bicyclic) bond motifs is 1. The molecule has 0 N–H and O–H groups in total. The van der Waals surface area contributed by atoms with Gasteiger partial charge in [-0.15, -0.1) is 0 Å². The van der Waals surface area contributed by atoms with E-state index in [9.17, 15) is 0 Å². The molecule has 0 radical (unpaired) electrons. The van der Waals surface area contributed by atoms with Crippen LogP contribution in [-0.2, 0) is 6.54 Å². The number of nitrogens with zero attached hydrogens (tertiary/aromatic N) is 3. The van der Waals surface area contributed by atoms with Gasteiger partial charge in [-0.05, 0) is 23.8 Å². The Morgan fingerprint density at radius 3 is 2.65 bits per heavy atom. The number of hydrogen-bond donors (Lipinski definition) is 0. The van der Waals surface area contributed by atoms with E-state index in [4.69, 9.17) is 4.42 Å². The summed E-state index contributed by atoms with van der Waals surface area (Å²) in [7, 11) is 0. The average molecular weight is 301 g/mol. The second-order valence-electron chi connectivity index (χ2n) is 5.31. The molecule has 0 aliphatic carbocycles. The monoisotopic (exact) mass is 301 g/mol. The topological polar surface area (TPSA) is 43.9 Å². The zero-order valence-corrected chi connectivity index (χ0v) is 12.5. The van der Waals surface area contributed by atoms with Crippen molar-refractivity contribution in [3.63, 3.8) is 0 Å². The third-order valence-electron chi connectivity index (χ3n) is 3.57. The minimum Gasteiger partial charge on any atom is -0.437 e. The molecular weight excluding hydrogens is 286 g/mol. The van der Waals surface area contributed by atoms with Gasteiger partial charge >= 0.3 is 0 Å². The van der Waals surface area contributed by atoms with Crippen molar-refractivity contribution in [3.8, 4) is 0 Å². The van der Waals surface area contributed by atoms with Gasteiger partial charge in [-0.25, -0.2) is 4.98 Å². The summed E-state index contributed by atoms with van der Waals surface area (Å²) >= 11 is 0. The smallest absolute Gasteiger partial charge is 0.220 e. The molecule has 4 aromatic rings. The average Bonchev–Trinajstić information content (AvgIpc) is 3.20. The number of rotatable bonds is 4. The zero-order chi connectivity index (χ0) is 15.5. The van der Waals surface area contributed by atoms with Crippen LogP contribution in [0.1, 0.15) is 17.0 Å². The molecule has 0 spiro atoms. The summed E-state index contributed by atoms with van der Waals surface area (Å²) in [6, 6.07) is 18.0. The Kier molecular flexibility index (Phi) is 3.48. The Labute approximate surface area is 133 Å². The van der Waals surface area contributed by atoms with Crippen LogP contribution in [0.4, 0.5) is 0 Å². The lowest BCUT2D eigenvalue weighted by molar-refractivity contribution is 0.589. The van der Waals surface area contributed by atoms with Crippen LogP contribution < -0.4 is 0 Å². The van der Waals surface area contributed by atoms with Gasteiger partial charge in [0, 0.05) is 17.8 Å². The number of oxazole rings is 1. The maximum atomic E-state index is 5.67. The molecule has 0 amide bonds. The normalized spacial score (nSPS) is 11.5. The van der Waals surface area contributed by atoms with E-state index in [0.717, 1.165) is 23.2 Å². The summed E-state index contributed by atoms with van der Waals surface area (Å²) in [5.41, 5.74) is 3.91. The highest BCUT2D eigenvalue weighted by Gasteiger charge is 2.02. The maximum absolute atomic E-state index is 5.67. The third-order valence-corrected chi connectivity index (χ3v) is 3.57. The van der Waals surface area contributed by atoms with Gasteiger partial charge in [-0.3, -0.25) is 4.68 Å². The van der Waals surface area contributed by atoms with Crippen molar-refractivity contribution in [3.05, 3.63) is 84.0 Å². The van der Waals surface area contributed by atoms with Crippen molar-refractivity contribution in [1.82, 2.24) is 14.8 Å². The van der Waals surface area contributed by atoms with E-state index in [1.165, 1.54) is 5.56 Å². The largest absolute Gasteiger partial charge is 0.437 e. The number of para-hydroxylation sites is 2. The van der Waals surface area contributed by atoms with Gasteiger partial charge in [0.05, 0.1) is 12.7 Å². The van der Waals surface area contributed by atoms with Gasteiger partial charge in [0.2, 0.25) is 5.89 Å². The van der Waals surface area contributed by atoms with E-state index in [2.05, 4.69) is 22.2 Å². The second kappa shape index (κ2) is 5.93. The molecule has 0 fully saturated rings. The van der Waals surface area contributed by atoms with E-state index in [-0.39, 0.29) is 0 Å². The molecule has 4 rings (SSSR count). The molecule has 4 nitrogen and oxygen atoms in total. The molecule has 0 atom stereocenters. The highest BCUT2D eigenvalue weighted by Crippen LogP contribution is 2.16. The summed E-state index contributed by atoms with van der Waals surface area (Å²) in [4.78, 5) is 4.42. The van der Waals surface area contributed by atoms with Gasteiger partial charge < -0.3 is 4.42 Å². The molecule has 112 valence electrons. The fraction of sp³-hybridized carbons (Fsp3) is 0.0526. The number of aromatic nitrogens is 3. The summed E-state index contributed by atoms with van der Waals surface area (Å²) in [6.07, 6.45) is 7.66. The van der Waals surface area contributed by atoms with E-state index in [1.54, 1.807) is 0 Å². The minimum absolute atomic E-state index is 0.599. The Bertz CT molecular complexity index is 918. The third kappa shape index (κ3) is 3.06. The molecule has 0 unspecified atom stereocenters. The Hall–Kier alpha value is -3.14. The SMILES string of the molecule is C(=C\c1nc2ccccc2o1)/c1cnn(Cc2ccccc2)c1. The molecule has 0 saturated carbocycles. The molecule has 0 bridgehead atoms. The van der Waals surface area contributed by atoms with Crippen LogP contribution in [0.2, 0.25) is 0 Å². The van der Waals surface area contributed by atoms with Crippen molar-refractivity contribution in [2.45, 2.75) is 6.54 Å². The van der Waals surface area contributed by atoms with Crippen molar-refractivity contribution in [1.29, 1.82) is 0 Å². The molecule has 0 saturated heterocycles. The predicted octanol–water partition coefficient (Wildman–Crippen LogP) is 4.24. The highest BCUT2D eigenvalue weighted by molar-refractivity contribution is 5.75. The van der Waals surface area contributed by atoms with Crippen molar-refractivity contribution in [2.75, 3.05) is 0 Å². The second-order valence-corrected chi connectivity index (χ2v) is 5.31. The quantitative estimate of drug-likeness (QED) is 0.566. The van der Waals surface area contributed by atoms with Crippen LogP contribution in [0.5, 0.6) is 0 Å². The van der Waals surface area contributed by atoms with Crippen molar-refractivity contribution in [2.24, 2.45) is 0 Å². The summed E-state index contributed by atoms with van der Waals surface area (Å²) in [5, 5.41) is 4.38. The molecule has 23 heavy (non-hydrogen) atoms. The first-order valence-corrected chi connectivity index (χ1v) is 7.47. The highest BCUT2D eigenvalue weighted by atomic mass is 16.3. The Morgan fingerprint density at radius 2 is 1.78 bits per heavy atom. The summed E-state index contributed by atoms with van der Waals surface area (Å²) in [5.74, 6) is 0.599. The van der Waals surface area contributed by atoms with Gasteiger partial charge in [0.25, 0.3) is 0 Å². The first-order valence-electron chi connectivity index (χ1n) is 7.47. The van der Waals surface area contributed by atoms with Crippen LogP contribution in [-0.4, -0.2) is 14.8 Å². The van der Waals surface area contributed by atoms with Gasteiger partial charge in [-0.1, -0.05) is 42.5 Å². The first kappa shape index (κ1) is 13.5. The van der Waals surface area contributed by atoms with Gasteiger partial charge in [0.15, 0.2) is 5.58 Å². The lowest BCUT2D eigenvalue weighted by Gasteiger charge is -2.00. The van der Waals surface area contributed by atoms with Gasteiger partial charge in [-0.2, -0.15) is 5.10 Å². The molecule has 2 aromatic carbocycles.